The maximum absolute atomic E-state index is 4.67. The van der Waals surface area contributed by atoms with E-state index in [2.05, 4.69) is 40.7 Å². The first-order chi connectivity index (χ1) is 7.43. The highest BCUT2D eigenvalue weighted by Crippen LogP contribution is 2.21. The van der Waals surface area contributed by atoms with Crippen molar-refractivity contribution >= 4 is 5.84 Å². The van der Waals surface area contributed by atoms with Gasteiger partial charge in [-0.25, -0.2) is 0 Å². The first-order valence-electron chi connectivity index (χ1n) is 5.20. The van der Waals surface area contributed by atoms with E-state index >= 15 is 0 Å². The van der Waals surface area contributed by atoms with E-state index in [1.54, 1.807) is 0 Å². The van der Waals surface area contributed by atoms with Gasteiger partial charge in [0.2, 0.25) is 0 Å². The standard InChI is InChI=1S/C13H12N2/c1-2-6-10(7-3-1)13-14-11-8-4-5-9-12(11)15-13/h1-8,12H,9H2,(H,14,15). The molecule has 0 bridgehead atoms. The van der Waals surface area contributed by atoms with E-state index in [9.17, 15) is 0 Å². The summed E-state index contributed by atoms with van der Waals surface area (Å²) in [5.74, 6) is 0.996. The molecule has 2 nitrogen and oxygen atoms in total. The summed E-state index contributed by atoms with van der Waals surface area (Å²) in [5, 5.41) is 3.37. The van der Waals surface area contributed by atoms with Gasteiger partial charge in [-0.2, -0.15) is 0 Å². The zero-order valence-electron chi connectivity index (χ0n) is 8.35. The van der Waals surface area contributed by atoms with Crippen molar-refractivity contribution in [3.63, 3.8) is 0 Å². The molecule has 0 amide bonds. The molecular weight excluding hydrogens is 184 g/mol. The van der Waals surface area contributed by atoms with Crippen LogP contribution in [-0.2, 0) is 0 Å². The number of hydrogen-bond acceptors (Lipinski definition) is 2. The number of hydrogen-bond donors (Lipinski definition) is 1. The number of nitrogens with zero attached hydrogens (tertiary/aromatic N) is 1. The zero-order valence-corrected chi connectivity index (χ0v) is 8.35. The topological polar surface area (TPSA) is 24.4 Å². The van der Waals surface area contributed by atoms with E-state index in [0.29, 0.717) is 6.04 Å². The van der Waals surface area contributed by atoms with Crippen molar-refractivity contribution in [1.29, 1.82) is 0 Å². The van der Waals surface area contributed by atoms with Crippen LogP contribution in [0.5, 0.6) is 0 Å². The number of fused-ring (bicyclic) bond motifs is 1. The van der Waals surface area contributed by atoms with Gasteiger partial charge in [-0.15, -0.1) is 0 Å². The van der Waals surface area contributed by atoms with Crippen LogP contribution in [0, 0.1) is 0 Å². The molecule has 0 saturated carbocycles. The van der Waals surface area contributed by atoms with Gasteiger partial charge in [0, 0.05) is 11.3 Å². The normalized spacial score (nSPS) is 22.8. The van der Waals surface area contributed by atoms with Crippen molar-refractivity contribution in [2.45, 2.75) is 12.5 Å². The minimum atomic E-state index is 0.310. The van der Waals surface area contributed by atoms with Crippen LogP contribution in [-0.4, -0.2) is 11.9 Å². The third-order valence-corrected chi connectivity index (χ3v) is 2.73. The average molecular weight is 196 g/mol. The third kappa shape index (κ3) is 1.48. The molecule has 1 atom stereocenters. The molecule has 1 N–H and O–H groups in total. The van der Waals surface area contributed by atoms with E-state index in [1.807, 2.05) is 18.2 Å². The molecule has 0 fully saturated rings. The summed E-state index contributed by atoms with van der Waals surface area (Å²) in [5.41, 5.74) is 2.38. The second-order valence-corrected chi connectivity index (χ2v) is 3.77. The van der Waals surface area contributed by atoms with Crippen LogP contribution in [0.25, 0.3) is 0 Å². The van der Waals surface area contributed by atoms with Crippen molar-refractivity contribution in [2.24, 2.45) is 4.99 Å². The Morgan fingerprint density at radius 2 is 2.07 bits per heavy atom. The molecule has 0 aromatic heterocycles. The summed E-state index contributed by atoms with van der Waals surface area (Å²) in [4.78, 5) is 4.67. The van der Waals surface area contributed by atoms with Crippen molar-refractivity contribution in [2.75, 3.05) is 0 Å². The van der Waals surface area contributed by atoms with Crippen LogP contribution >= 0.6 is 0 Å². The lowest BCUT2D eigenvalue weighted by Gasteiger charge is -2.09. The third-order valence-electron chi connectivity index (χ3n) is 2.73. The predicted octanol–water partition coefficient (Wildman–Crippen LogP) is 2.25. The SMILES string of the molecule is C1=CCC2N=C(c3ccccc3)NC2=C1. The number of rotatable bonds is 1. The van der Waals surface area contributed by atoms with Gasteiger partial charge in [0.15, 0.2) is 0 Å². The fourth-order valence-corrected chi connectivity index (χ4v) is 1.93. The second kappa shape index (κ2) is 3.39. The molecule has 15 heavy (non-hydrogen) atoms. The Hall–Kier alpha value is -1.83. The maximum Gasteiger partial charge on any atom is 0.133 e. The lowest BCUT2D eigenvalue weighted by atomic mass is 10.1. The summed E-state index contributed by atoms with van der Waals surface area (Å²) >= 11 is 0. The van der Waals surface area contributed by atoms with Gasteiger partial charge >= 0.3 is 0 Å². The van der Waals surface area contributed by atoms with Crippen molar-refractivity contribution in [3.05, 3.63) is 59.8 Å². The Balaban J connectivity index is 1.92. The molecule has 1 unspecified atom stereocenters. The molecule has 1 aromatic carbocycles. The summed E-state index contributed by atoms with van der Waals surface area (Å²) in [6, 6.07) is 10.6. The molecule has 0 spiro atoms. The molecule has 1 aliphatic heterocycles. The highest BCUT2D eigenvalue weighted by molar-refractivity contribution is 6.01. The Labute approximate surface area is 89.0 Å². The van der Waals surface area contributed by atoms with E-state index in [1.165, 1.54) is 5.70 Å². The van der Waals surface area contributed by atoms with Crippen LogP contribution in [0.2, 0.25) is 0 Å². The Morgan fingerprint density at radius 3 is 2.87 bits per heavy atom. The predicted molar refractivity (Wildman–Crippen MR) is 61.7 cm³/mol. The fraction of sp³-hybridized carbons (Fsp3) is 0.154. The molecule has 1 aromatic rings. The van der Waals surface area contributed by atoms with Crippen LogP contribution in [0.3, 0.4) is 0 Å². The van der Waals surface area contributed by atoms with Crippen LogP contribution in [0.15, 0.2) is 59.2 Å². The van der Waals surface area contributed by atoms with Gasteiger partial charge in [0.1, 0.15) is 5.84 Å². The van der Waals surface area contributed by atoms with Gasteiger partial charge < -0.3 is 5.32 Å². The molecule has 1 heterocycles. The van der Waals surface area contributed by atoms with Crippen molar-refractivity contribution in [1.82, 2.24) is 5.32 Å². The lowest BCUT2D eigenvalue weighted by Crippen LogP contribution is -2.20. The van der Waals surface area contributed by atoms with Gasteiger partial charge in [-0.05, 0) is 12.5 Å². The van der Waals surface area contributed by atoms with Gasteiger partial charge in [0.25, 0.3) is 0 Å². The number of nitrogens with one attached hydrogen (secondary N) is 1. The maximum atomic E-state index is 4.67. The quantitative estimate of drug-likeness (QED) is 0.732. The second-order valence-electron chi connectivity index (χ2n) is 3.77. The number of amidine groups is 1. The Morgan fingerprint density at radius 1 is 1.20 bits per heavy atom. The lowest BCUT2D eigenvalue weighted by molar-refractivity contribution is 0.784. The van der Waals surface area contributed by atoms with Crippen molar-refractivity contribution < 1.29 is 0 Å². The highest BCUT2D eigenvalue weighted by atomic mass is 15.1. The first kappa shape index (κ1) is 8.48. The molecular formula is C13H12N2. The van der Waals surface area contributed by atoms with Crippen LogP contribution < -0.4 is 5.32 Å². The number of allylic oxidation sites excluding steroid dienone is 2. The molecule has 2 aliphatic rings. The molecule has 0 radical (unpaired) electrons. The van der Waals surface area contributed by atoms with Crippen molar-refractivity contribution in [3.8, 4) is 0 Å². The van der Waals surface area contributed by atoms with E-state index in [-0.39, 0.29) is 0 Å². The largest absolute Gasteiger partial charge is 0.342 e. The fourth-order valence-electron chi connectivity index (χ4n) is 1.93. The molecule has 1 aliphatic carbocycles. The van der Waals surface area contributed by atoms with Crippen LogP contribution in [0.4, 0.5) is 0 Å². The minimum Gasteiger partial charge on any atom is -0.342 e. The van der Waals surface area contributed by atoms with E-state index in [0.717, 1.165) is 17.8 Å². The summed E-state index contributed by atoms with van der Waals surface area (Å²) in [6.07, 6.45) is 7.36. The summed E-state index contributed by atoms with van der Waals surface area (Å²) in [7, 11) is 0. The van der Waals surface area contributed by atoms with Crippen LogP contribution in [0.1, 0.15) is 12.0 Å². The average Bonchev–Trinajstić information content (AvgIpc) is 2.74. The highest BCUT2D eigenvalue weighted by Gasteiger charge is 2.23. The molecule has 3 rings (SSSR count). The summed E-state index contributed by atoms with van der Waals surface area (Å²) in [6.45, 7) is 0. The monoisotopic (exact) mass is 196 g/mol. The summed E-state index contributed by atoms with van der Waals surface area (Å²) < 4.78 is 0. The van der Waals surface area contributed by atoms with Gasteiger partial charge in [-0.3, -0.25) is 4.99 Å². The minimum absolute atomic E-state index is 0.310. The number of aliphatic imine (C=N–C) groups is 1. The zero-order chi connectivity index (χ0) is 10.1. The Kier molecular flexibility index (Phi) is 1.91. The molecule has 0 saturated heterocycles. The van der Waals surface area contributed by atoms with E-state index < -0.39 is 0 Å². The van der Waals surface area contributed by atoms with Gasteiger partial charge in [0.05, 0.1) is 6.04 Å². The Bertz CT molecular complexity index is 455. The molecule has 74 valence electrons. The van der Waals surface area contributed by atoms with Gasteiger partial charge in [-0.1, -0.05) is 42.5 Å². The first-order valence-corrected chi connectivity index (χ1v) is 5.20. The van der Waals surface area contributed by atoms with E-state index in [4.69, 9.17) is 0 Å². The smallest absolute Gasteiger partial charge is 0.133 e. The molecule has 2 heteroatoms. The number of benzene rings is 1.